The highest BCUT2D eigenvalue weighted by Crippen LogP contribution is 2.21. The van der Waals surface area contributed by atoms with Crippen LogP contribution in [-0.4, -0.2) is 32.8 Å². The lowest BCUT2D eigenvalue weighted by Crippen LogP contribution is -2.17. The van der Waals surface area contributed by atoms with Crippen LogP contribution in [0.3, 0.4) is 0 Å². The SMILES string of the molecule is COc1cc(C=NCC(=O)C(OC)c2ccc(Cl)cc2)ccc1C. The van der Waals surface area contributed by atoms with E-state index in [2.05, 4.69) is 4.99 Å². The molecule has 0 heterocycles. The molecule has 0 saturated heterocycles. The molecule has 5 heteroatoms. The van der Waals surface area contributed by atoms with E-state index in [1.54, 1.807) is 37.6 Å². The summed E-state index contributed by atoms with van der Waals surface area (Å²) in [4.78, 5) is 16.6. The van der Waals surface area contributed by atoms with Crippen LogP contribution in [0.4, 0.5) is 0 Å². The molecule has 2 aromatic carbocycles. The van der Waals surface area contributed by atoms with E-state index in [0.717, 1.165) is 22.4 Å². The predicted molar refractivity (Wildman–Crippen MR) is 96.4 cm³/mol. The van der Waals surface area contributed by atoms with Crippen molar-refractivity contribution >= 4 is 23.6 Å². The van der Waals surface area contributed by atoms with Crippen LogP contribution < -0.4 is 4.74 Å². The van der Waals surface area contributed by atoms with Gasteiger partial charge in [-0.3, -0.25) is 9.79 Å². The number of benzene rings is 2. The number of methoxy groups -OCH3 is 2. The first kappa shape index (κ1) is 18.2. The number of aliphatic imine (C=N–C) groups is 1. The van der Waals surface area contributed by atoms with E-state index in [-0.39, 0.29) is 12.3 Å². The molecule has 2 aromatic rings. The minimum atomic E-state index is -0.646. The van der Waals surface area contributed by atoms with Crippen molar-refractivity contribution in [1.29, 1.82) is 0 Å². The first-order chi connectivity index (χ1) is 11.5. The molecule has 0 aromatic heterocycles. The average Bonchev–Trinajstić information content (AvgIpc) is 2.58. The Morgan fingerprint density at radius 1 is 1.21 bits per heavy atom. The zero-order valence-electron chi connectivity index (χ0n) is 14.0. The van der Waals surface area contributed by atoms with E-state index in [1.165, 1.54) is 7.11 Å². The summed E-state index contributed by atoms with van der Waals surface area (Å²) in [6, 6.07) is 12.8. The van der Waals surface area contributed by atoms with Gasteiger partial charge in [-0.1, -0.05) is 35.9 Å². The second-order valence-electron chi connectivity index (χ2n) is 5.33. The van der Waals surface area contributed by atoms with Crippen LogP contribution in [0.5, 0.6) is 5.75 Å². The third kappa shape index (κ3) is 4.66. The van der Waals surface area contributed by atoms with Gasteiger partial charge < -0.3 is 9.47 Å². The summed E-state index contributed by atoms with van der Waals surface area (Å²) < 4.78 is 10.6. The fraction of sp³-hybridized carbons (Fsp3) is 0.263. The first-order valence-electron chi connectivity index (χ1n) is 7.50. The van der Waals surface area contributed by atoms with Crippen molar-refractivity contribution in [2.45, 2.75) is 13.0 Å². The lowest BCUT2D eigenvalue weighted by Gasteiger charge is -2.13. The van der Waals surface area contributed by atoms with Crippen LogP contribution in [0.2, 0.25) is 5.02 Å². The van der Waals surface area contributed by atoms with E-state index >= 15 is 0 Å². The number of hydrogen-bond donors (Lipinski definition) is 0. The highest BCUT2D eigenvalue weighted by atomic mass is 35.5. The summed E-state index contributed by atoms with van der Waals surface area (Å²) >= 11 is 5.87. The van der Waals surface area contributed by atoms with Crippen molar-refractivity contribution in [3.8, 4) is 5.75 Å². The van der Waals surface area contributed by atoms with Crippen molar-refractivity contribution in [3.63, 3.8) is 0 Å². The lowest BCUT2D eigenvalue weighted by molar-refractivity contribution is -0.127. The van der Waals surface area contributed by atoms with Crippen LogP contribution in [0.1, 0.15) is 22.8 Å². The van der Waals surface area contributed by atoms with Crippen LogP contribution in [0, 0.1) is 6.92 Å². The topological polar surface area (TPSA) is 47.9 Å². The molecular weight excluding hydrogens is 326 g/mol. The number of aryl methyl sites for hydroxylation is 1. The van der Waals surface area contributed by atoms with E-state index in [9.17, 15) is 4.79 Å². The van der Waals surface area contributed by atoms with Crippen molar-refractivity contribution in [2.75, 3.05) is 20.8 Å². The number of Topliss-reactive ketones (excluding diaryl/α,β-unsaturated/α-hetero) is 1. The summed E-state index contributed by atoms with van der Waals surface area (Å²) in [5.74, 6) is 0.677. The van der Waals surface area contributed by atoms with Gasteiger partial charge in [0.05, 0.1) is 7.11 Å². The highest BCUT2D eigenvalue weighted by molar-refractivity contribution is 6.30. The van der Waals surface area contributed by atoms with Gasteiger partial charge in [-0.2, -0.15) is 0 Å². The number of rotatable bonds is 7. The number of carbonyl (C=O) groups excluding carboxylic acids is 1. The summed E-state index contributed by atoms with van der Waals surface area (Å²) in [7, 11) is 3.13. The summed E-state index contributed by atoms with van der Waals surface area (Å²) in [6.07, 6.45) is 1.01. The van der Waals surface area contributed by atoms with Crippen LogP contribution >= 0.6 is 11.6 Å². The second kappa shape index (κ2) is 8.62. The maximum Gasteiger partial charge on any atom is 0.187 e. The standard InChI is InChI=1S/C19H20ClNO3/c1-13-4-5-14(10-18(13)23-2)11-21-12-17(22)19(24-3)15-6-8-16(20)9-7-15/h4-11,19H,12H2,1-3H3. The van der Waals surface area contributed by atoms with Gasteiger partial charge in [0, 0.05) is 18.3 Å². The molecule has 1 unspecified atom stereocenters. The molecular formula is C19H20ClNO3. The molecule has 0 bridgehead atoms. The van der Waals surface area contributed by atoms with E-state index in [1.807, 2.05) is 25.1 Å². The quantitative estimate of drug-likeness (QED) is 0.712. The fourth-order valence-electron chi connectivity index (χ4n) is 2.33. The Kier molecular flexibility index (Phi) is 6.53. The summed E-state index contributed by atoms with van der Waals surface area (Å²) in [5, 5.41) is 0.618. The summed E-state index contributed by atoms with van der Waals surface area (Å²) in [5.41, 5.74) is 2.69. The number of ketones is 1. The van der Waals surface area contributed by atoms with Crippen molar-refractivity contribution < 1.29 is 14.3 Å². The van der Waals surface area contributed by atoms with Gasteiger partial charge in [0.25, 0.3) is 0 Å². The molecule has 24 heavy (non-hydrogen) atoms. The smallest absolute Gasteiger partial charge is 0.187 e. The molecule has 0 saturated carbocycles. The fourth-order valence-corrected chi connectivity index (χ4v) is 2.46. The third-order valence-corrected chi connectivity index (χ3v) is 3.87. The van der Waals surface area contributed by atoms with E-state index in [4.69, 9.17) is 21.1 Å². The molecule has 0 aliphatic rings. The molecule has 0 N–H and O–H groups in total. The maximum atomic E-state index is 12.3. The highest BCUT2D eigenvalue weighted by Gasteiger charge is 2.19. The van der Waals surface area contributed by atoms with Crippen LogP contribution in [0.15, 0.2) is 47.5 Å². The van der Waals surface area contributed by atoms with E-state index in [0.29, 0.717) is 5.02 Å². The largest absolute Gasteiger partial charge is 0.496 e. The van der Waals surface area contributed by atoms with E-state index < -0.39 is 6.10 Å². The Labute approximate surface area is 147 Å². The molecule has 126 valence electrons. The first-order valence-corrected chi connectivity index (χ1v) is 7.88. The van der Waals surface area contributed by atoms with Gasteiger partial charge in [-0.15, -0.1) is 0 Å². The monoisotopic (exact) mass is 345 g/mol. The number of hydrogen-bond acceptors (Lipinski definition) is 4. The van der Waals surface area contributed by atoms with Crippen molar-refractivity contribution in [3.05, 3.63) is 64.2 Å². The van der Waals surface area contributed by atoms with Crippen LogP contribution in [-0.2, 0) is 9.53 Å². The Morgan fingerprint density at radius 2 is 1.92 bits per heavy atom. The Balaban J connectivity index is 2.04. The Morgan fingerprint density at radius 3 is 2.54 bits per heavy atom. The van der Waals surface area contributed by atoms with Gasteiger partial charge in [0.1, 0.15) is 18.4 Å². The Bertz CT molecular complexity index is 726. The van der Waals surface area contributed by atoms with Gasteiger partial charge in [-0.25, -0.2) is 0 Å². The van der Waals surface area contributed by atoms with Crippen molar-refractivity contribution in [2.24, 2.45) is 4.99 Å². The zero-order valence-corrected chi connectivity index (χ0v) is 14.7. The number of halogens is 1. The normalized spacial score (nSPS) is 12.3. The lowest BCUT2D eigenvalue weighted by atomic mass is 10.1. The number of ether oxygens (including phenoxy) is 2. The minimum absolute atomic E-state index is 0.0390. The average molecular weight is 346 g/mol. The summed E-state index contributed by atoms with van der Waals surface area (Å²) in [6.45, 7) is 2.01. The molecule has 2 rings (SSSR count). The maximum absolute atomic E-state index is 12.3. The molecule has 1 atom stereocenters. The third-order valence-electron chi connectivity index (χ3n) is 3.62. The minimum Gasteiger partial charge on any atom is -0.496 e. The van der Waals surface area contributed by atoms with Gasteiger partial charge in [0.2, 0.25) is 0 Å². The van der Waals surface area contributed by atoms with Gasteiger partial charge >= 0.3 is 0 Å². The second-order valence-corrected chi connectivity index (χ2v) is 5.77. The Hall–Kier alpha value is -2.17. The molecule has 0 amide bonds. The van der Waals surface area contributed by atoms with Gasteiger partial charge in [0.15, 0.2) is 5.78 Å². The van der Waals surface area contributed by atoms with Crippen molar-refractivity contribution in [1.82, 2.24) is 0 Å². The van der Waals surface area contributed by atoms with Crippen LogP contribution in [0.25, 0.3) is 0 Å². The molecule has 0 radical (unpaired) electrons. The van der Waals surface area contributed by atoms with Gasteiger partial charge in [-0.05, 0) is 41.8 Å². The molecule has 0 spiro atoms. The number of nitrogens with zero attached hydrogens (tertiary/aromatic N) is 1. The number of carbonyl (C=O) groups is 1. The zero-order chi connectivity index (χ0) is 17.5. The predicted octanol–water partition coefficient (Wildman–Crippen LogP) is 4.03. The molecule has 0 aliphatic heterocycles. The molecule has 4 nitrogen and oxygen atoms in total. The molecule has 0 aliphatic carbocycles. The molecule has 0 fully saturated rings.